The van der Waals surface area contributed by atoms with E-state index in [0.717, 1.165) is 30.0 Å². The van der Waals surface area contributed by atoms with Gasteiger partial charge in [-0.25, -0.2) is 0 Å². The van der Waals surface area contributed by atoms with Gasteiger partial charge in [0.1, 0.15) is 0 Å². The smallest absolute Gasteiger partial charge is 0.252 e. The van der Waals surface area contributed by atoms with Gasteiger partial charge in [-0.15, -0.1) is 0 Å². The molecule has 27 heavy (non-hydrogen) atoms. The number of carbonyl (C=O) groups excluding carboxylic acids is 1. The molecule has 2 N–H and O–H groups in total. The molecule has 148 valence electrons. The lowest BCUT2D eigenvalue weighted by molar-refractivity contribution is -0.0503. The summed E-state index contributed by atoms with van der Waals surface area (Å²) in [5.74, 6) is 2.65. The molecular weight excluding hydrogens is 358 g/mol. The summed E-state index contributed by atoms with van der Waals surface area (Å²) in [5, 5.41) is 7.12. The molecule has 0 radical (unpaired) electrons. The highest BCUT2D eigenvalue weighted by molar-refractivity contribution is 6.36. The second-order valence-electron chi connectivity index (χ2n) is 9.55. The van der Waals surface area contributed by atoms with Crippen LogP contribution < -0.4 is 10.6 Å². The highest BCUT2D eigenvalue weighted by atomic mass is 35.5. The maximum absolute atomic E-state index is 12.9. The average molecular weight is 390 g/mol. The molecule has 4 fully saturated rings. The minimum atomic E-state index is -0.0445. The SMILES string of the molecule is CC(Nc1cccc(C(=O)NCC23CC4CC(CC(C4)C2)C3)c1Cl)N(C)C. The Morgan fingerprint density at radius 2 is 1.78 bits per heavy atom. The summed E-state index contributed by atoms with van der Waals surface area (Å²) in [5.41, 5.74) is 1.71. The molecule has 1 unspecified atom stereocenters. The number of anilines is 1. The van der Waals surface area contributed by atoms with Crippen LogP contribution >= 0.6 is 11.6 Å². The van der Waals surface area contributed by atoms with E-state index in [2.05, 4.69) is 22.5 Å². The van der Waals surface area contributed by atoms with Crippen molar-refractivity contribution in [2.24, 2.45) is 23.2 Å². The normalized spacial score (nSPS) is 32.6. The summed E-state index contributed by atoms with van der Waals surface area (Å²) < 4.78 is 0. The number of halogens is 1. The Balaban J connectivity index is 1.43. The van der Waals surface area contributed by atoms with Crippen molar-refractivity contribution in [1.29, 1.82) is 0 Å². The van der Waals surface area contributed by atoms with Crippen LogP contribution in [0.5, 0.6) is 0 Å². The standard InChI is InChI=1S/C22H32ClN3O/c1-14(26(2)3)25-19-6-4-5-18(20(19)23)21(27)24-13-22-10-15-7-16(11-22)9-17(8-15)12-22/h4-6,14-17,25H,7-13H2,1-3H3,(H,24,27). The first kappa shape index (κ1) is 19.1. The molecular formula is C22H32ClN3O. The van der Waals surface area contributed by atoms with E-state index in [4.69, 9.17) is 11.6 Å². The number of amides is 1. The highest BCUT2D eigenvalue weighted by Crippen LogP contribution is 2.59. The van der Waals surface area contributed by atoms with E-state index in [9.17, 15) is 4.79 Å². The number of benzene rings is 1. The van der Waals surface area contributed by atoms with Crippen molar-refractivity contribution in [3.05, 3.63) is 28.8 Å². The number of nitrogens with zero attached hydrogens (tertiary/aromatic N) is 1. The van der Waals surface area contributed by atoms with Crippen molar-refractivity contribution >= 4 is 23.2 Å². The molecule has 4 aliphatic carbocycles. The summed E-state index contributed by atoms with van der Waals surface area (Å²) in [4.78, 5) is 15.0. The fraction of sp³-hybridized carbons (Fsp3) is 0.682. The molecule has 0 aliphatic heterocycles. The molecule has 4 nitrogen and oxygen atoms in total. The molecule has 4 saturated carbocycles. The molecule has 0 aromatic heterocycles. The summed E-state index contributed by atoms with van der Waals surface area (Å²) in [6.45, 7) is 2.87. The van der Waals surface area contributed by atoms with Crippen LogP contribution in [0.4, 0.5) is 5.69 Å². The molecule has 4 bridgehead atoms. The third kappa shape index (κ3) is 3.84. The minimum Gasteiger partial charge on any atom is -0.369 e. The van der Waals surface area contributed by atoms with Crippen LogP contribution in [0.1, 0.15) is 55.8 Å². The molecule has 0 heterocycles. The van der Waals surface area contributed by atoms with Crippen LogP contribution in [0, 0.1) is 23.2 Å². The lowest BCUT2D eigenvalue weighted by Gasteiger charge is -2.56. The molecule has 1 aromatic rings. The number of hydrogen-bond donors (Lipinski definition) is 2. The molecule has 0 spiro atoms. The van der Waals surface area contributed by atoms with Gasteiger partial charge in [-0.2, -0.15) is 0 Å². The van der Waals surface area contributed by atoms with Crippen molar-refractivity contribution in [3.8, 4) is 0 Å². The Morgan fingerprint density at radius 3 is 2.33 bits per heavy atom. The Kier molecular flexibility index (Phi) is 5.15. The topological polar surface area (TPSA) is 44.4 Å². The maximum atomic E-state index is 12.9. The van der Waals surface area contributed by atoms with Crippen LogP contribution in [0.2, 0.25) is 5.02 Å². The van der Waals surface area contributed by atoms with Crippen LogP contribution in [0.15, 0.2) is 18.2 Å². The Morgan fingerprint density at radius 1 is 1.19 bits per heavy atom. The summed E-state index contributed by atoms with van der Waals surface area (Å²) >= 11 is 6.57. The molecule has 1 amide bonds. The quantitative estimate of drug-likeness (QED) is 0.698. The van der Waals surface area contributed by atoms with E-state index in [1.165, 1.54) is 38.5 Å². The Bertz CT molecular complexity index is 682. The zero-order valence-electron chi connectivity index (χ0n) is 16.7. The van der Waals surface area contributed by atoms with Gasteiger partial charge in [0.25, 0.3) is 5.91 Å². The monoisotopic (exact) mass is 389 g/mol. The predicted molar refractivity (Wildman–Crippen MR) is 111 cm³/mol. The highest BCUT2D eigenvalue weighted by Gasteiger charge is 2.50. The predicted octanol–water partition coefficient (Wildman–Crippen LogP) is 4.61. The molecule has 5 heteroatoms. The van der Waals surface area contributed by atoms with Crippen molar-refractivity contribution in [1.82, 2.24) is 10.2 Å². The average Bonchev–Trinajstić information content (AvgIpc) is 2.60. The fourth-order valence-electron chi connectivity index (χ4n) is 6.04. The van der Waals surface area contributed by atoms with Gasteiger partial charge in [-0.3, -0.25) is 9.69 Å². The van der Waals surface area contributed by atoms with Crippen molar-refractivity contribution in [2.45, 2.75) is 51.6 Å². The zero-order valence-corrected chi connectivity index (χ0v) is 17.5. The van der Waals surface area contributed by atoms with Gasteiger partial charge in [0.05, 0.1) is 22.4 Å². The van der Waals surface area contributed by atoms with Gasteiger partial charge in [0.2, 0.25) is 0 Å². The van der Waals surface area contributed by atoms with Crippen molar-refractivity contribution < 1.29 is 4.79 Å². The summed E-state index contributed by atoms with van der Waals surface area (Å²) in [6, 6.07) is 5.65. The van der Waals surface area contributed by atoms with Gasteiger partial charge in [0.15, 0.2) is 0 Å². The van der Waals surface area contributed by atoms with Crippen molar-refractivity contribution in [3.63, 3.8) is 0 Å². The van der Waals surface area contributed by atoms with Crippen LogP contribution in [0.25, 0.3) is 0 Å². The molecule has 5 rings (SSSR count). The maximum Gasteiger partial charge on any atom is 0.252 e. The Hall–Kier alpha value is -1.26. The lowest BCUT2D eigenvalue weighted by atomic mass is 9.49. The number of rotatable bonds is 6. The van der Waals surface area contributed by atoms with Gasteiger partial charge < -0.3 is 10.6 Å². The molecule has 1 atom stereocenters. The van der Waals surface area contributed by atoms with Gasteiger partial charge in [-0.1, -0.05) is 17.7 Å². The van der Waals surface area contributed by atoms with Crippen LogP contribution in [0.3, 0.4) is 0 Å². The second kappa shape index (κ2) is 7.29. The van der Waals surface area contributed by atoms with E-state index < -0.39 is 0 Å². The first-order valence-corrected chi connectivity index (χ1v) is 10.7. The van der Waals surface area contributed by atoms with E-state index in [0.29, 0.717) is 16.0 Å². The van der Waals surface area contributed by atoms with E-state index >= 15 is 0 Å². The molecule has 0 saturated heterocycles. The third-order valence-electron chi connectivity index (χ3n) is 7.17. The number of hydrogen-bond acceptors (Lipinski definition) is 3. The van der Waals surface area contributed by atoms with Crippen LogP contribution in [-0.2, 0) is 0 Å². The van der Waals surface area contributed by atoms with E-state index in [-0.39, 0.29) is 12.1 Å². The summed E-state index contributed by atoms with van der Waals surface area (Å²) in [7, 11) is 4.02. The summed E-state index contributed by atoms with van der Waals surface area (Å²) in [6.07, 6.45) is 8.32. The molecule has 4 aliphatic rings. The second-order valence-corrected chi connectivity index (χ2v) is 9.93. The number of carbonyl (C=O) groups is 1. The third-order valence-corrected chi connectivity index (χ3v) is 7.58. The Labute approximate surface area is 168 Å². The van der Waals surface area contributed by atoms with E-state index in [1.54, 1.807) is 0 Å². The first-order chi connectivity index (χ1) is 12.8. The van der Waals surface area contributed by atoms with Crippen molar-refractivity contribution in [2.75, 3.05) is 26.0 Å². The van der Waals surface area contributed by atoms with Gasteiger partial charge in [-0.05, 0) is 94.8 Å². The zero-order chi connectivity index (χ0) is 19.2. The lowest BCUT2D eigenvalue weighted by Crippen LogP contribution is -2.51. The van der Waals surface area contributed by atoms with E-state index in [1.807, 2.05) is 32.3 Å². The van der Waals surface area contributed by atoms with Gasteiger partial charge >= 0.3 is 0 Å². The fourth-order valence-corrected chi connectivity index (χ4v) is 6.31. The first-order valence-electron chi connectivity index (χ1n) is 10.3. The van der Waals surface area contributed by atoms with Crippen LogP contribution in [-0.4, -0.2) is 37.6 Å². The molecule has 1 aromatic carbocycles. The van der Waals surface area contributed by atoms with Gasteiger partial charge in [0, 0.05) is 6.54 Å². The largest absolute Gasteiger partial charge is 0.369 e. The minimum absolute atomic E-state index is 0.0445. The number of nitrogens with one attached hydrogen (secondary N) is 2.